The van der Waals surface area contributed by atoms with Gasteiger partial charge >= 0.3 is 0 Å². The molecule has 2 aliphatic rings. The van der Waals surface area contributed by atoms with Gasteiger partial charge in [0.05, 0.1) is 20.3 Å². The molecular weight excluding hydrogens is 387 g/mol. The van der Waals surface area contributed by atoms with Crippen LogP contribution in [0.4, 0.5) is 4.39 Å². The Hall–Kier alpha value is -2.48. The Labute approximate surface area is 175 Å². The molecule has 2 heterocycles. The summed E-state index contributed by atoms with van der Waals surface area (Å²) in [7, 11) is 1.57. The van der Waals surface area contributed by atoms with Crippen LogP contribution in [0.1, 0.15) is 17.5 Å². The van der Waals surface area contributed by atoms with E-state index in [4.69, 9.17) is 14.2 Å². The molecule has 0 radical (unpaired) electrons. The molecule has 2 aliphatic heterocycles. The van der Waals surface area contributed by atoms with E-state index < -0.39 is 11.7 Å². The van der Waals surface area contributed by atoms with Crippen LogP contribution in [0.3, 0.4) is 0 Å². The lowest BCUT2D eigenvalue weighted by atomic mass is 9.97. The number of hydrogen-bond donors (Lipinski definition) is 1. The highest BCUT2D eigenvalue weighted by molar-refractivity contribution is 5.81. The van der Waals surface area contributed by atoms with Gasteiger partial charge in [-0.05, 0) is 23.8 Å². The van der Waals surface area contributed by atoms with Crippen molar-refractivity contribution in [1.82, 2.24) is 10.2 Å². The third-order valence-corrected chi connectivity index (χ3v) is 5.68. The molecule has 0 aromatic heterocycles. The first-order valence-corrected chi connectivity index (χ1v) is 10.2. The van der Waals surface area contributed by atoms with E-state index in [2.05, 4.69) is 10.2 Å². The Bertz CT molecular complexity index is 879. The number of amides is 1. The van der Waals surface area contributed by atoms with Crippen LogP contribution in [0.2, 0.25) is 0 Å². The molecule has 2 saturated heterocycles. The number of rotatable bonds is 6. The number of methoxy groups -OCH3 is 1. The van der Waals surface area contributed by atoms with Gasteiger partial charge in [0.2, 0.25) is 5.91 Å². The molecule has 6 nitrogen and oxygen atoms in total. The van der Waals surface area contributed by atoms with Crippen LogP contribution in [0.25, 0.3) is 0 Å². The predicted octanol–water partition coefficient (Wildman–Crippen LogP) is 2.51. The average Bonchev–Trinajstić information content (AvgIpc) is 3.17. The summed E-state index contributed by atoms with van der Waals surface area (Å²) in [4.78, 5) is 14.7. The van der Waals surface area contributed by atoms with Gasteiger partial charge in [-0.15, -0.1) is 0 Å². The summed E-state index contributed by atoms with van der Waals surface area (Å²) in [6.07, 6.45) is -0.0488. The minimum absolute atomic E-state index is 0.129. The summed E-state index contributed by atoms with van der Waals surface area (Å²) in [6.45, 7) is 3.09. The van der Waals surface area contributed by atoms with E-state index in [-0.39, 0.29) is 11.7 Å². The van der Waals surface area contributed by atoms with Gasteiger partial charge in [-0.2, -0.15) is 0 Å². The molecule has 160 valence electrons. The Morgan fingerprint density at radius 2 is 2.13 bits per heavy atom. The minimum atomic E-state index is -0.540. The van der Waals surface area contributed by atoms with Gasteiger partial charge in [-0.1, -0.05) is 30.3 Å². The summed E-state index contributed by atoms with van der Waals surface area (Å²) in [6, 6.07) is 14.5. The van der Waals surface area contributed by atoms with Gasteiger partial charge in [0.25, 0.3) is 0 Å². The molecular formula is C23H27FN2O4. The largest absolute Gasteiger partial charge is 0.497 e. The first-order chi connectivity index (χ1) is 14.6. The van der Waals surface area contributed by atoms with E-state index in [0.29, 0.717) is 57.1 Å². The third-order valence-electron chi connectivity index (χ3n) is 5.68. The fourth-order valence-corrected chi connectivity index (χ4v) is 4.08. The van der Waals surface area contributed by atoms with E-state index in [9.17, 15) is 9.18 Å². The SMILES string of the molecule is COc1ccc(F)c(CN2CCOC3(COC(C(=O)NCc4ccccc4)C3)C2)c1. The highest BCUT2D eigenvalue weighted by Crippen LogP contribution is 2.32. The molecule has 2 atom stereocenters. The lowest BCUT2D eigenvalue weighted by molar-refractivity contribution is -0.130. The number of halogens is 1. The van der Waals surface area contributed by atoms with Crippen LogP contribution in [0.5, 0.6) is 5.75 Å². The zero-order valence-corrected chi connectivity index (χ0v) is 17.1. The normalized spacial score (nSPS) is 24.1. The topological polar surface area (TPSA) is 60.0 Å². The van der Waals surface area contributed by atoms with E-state index in [1.165, 1.54) is 6.07 Å². The van der Waals surface area contributed by atoms with Crippen molar-refractivity contribution in [2.24, 2.45) is 0 Å². The predicted molar refractivity (Wildman–Crippen MR) is 110 cm³/mol. The molecule has 0 saturated carbocycles. The molecule has 4 rings (SSSR count). The molecule has 1 spiro atoms. The molecule has 7 heteroatoms. The third kappa shape index (κ3) is 4.80. The lowest BCUT2D eigenvalue weighted by Crippen LogP contribution is -2.52. The summed E-state index contributed by atoms with van der Waals surface area (Å²) < 4.78 is 31.3. The zero-order chi connectivity index (χ0) is 21.0. The van der Waals surface area contributed by atoms with Gasteiger partial charge in [-0.3, -0.25) is 9.69 Å². The maximum atomic E-state index is 14.2. The van der Waals surface area contributed by atoms with E-state index in [0.717, 1.165) is 5.56 Å². The van der Waals surface area contributed by atoms with Crippen LogP contribution in [-0.4, -0.2) is 55.9 Å². The highest BCUT2D eigenvalue weighted by Gasteiger charge is 2.46. The molecule has 2 aromatic rings. The summed E-state index contributed by atoms with van der Waals surface area (Å²) in [5, 5.41) is 2.94. The van der Waals surface area contributed by atoms with Crippen molar-refractivity contribution in [1.29, 1.82) is 0 Å². The summed E-state index contributed by atoms with van der Waals surface area (Å²) >= 11 is 0. The van der Waals surface area contributed by atoms with Gasteiger partial charge in [0, 0.05) is 38.2 Å². The number of carbonyl (C=O) groups is 1. The van der Waals surface area contributed by atoms with Crippen LogP contribution in [0, 0.1) is 5.82 Å². The number of nitrogens with zero attached hydrogens (tertiary/aromatic N) is 1. The first kappa shape index (κ1) is 20.8. The van der Waals surface area contributed by atoms with Crippen molar-refractivity contribution in [3.05, 3.63) is 65.5 Å². The van der Waals surface area contributed by atoms with Gasteiger partial charge in [0.1, 0.15) is 23.3 Å². The molecule has 2 unspecified atom stereocenters. The average molecular weight is 414 g/mol. The van der Waals surface area contributed by atoms with Crippen LogP contribution in [-0.2, 0) is 27.4 Å². The maximum Gasteiger partial charge on any atom is 0.249 e. The van der Waals surface area contributed by atoms with Crippen LogP contribution >= 0.6 is 0 Å². The second kappa shape index (κ2) is 9.12. The number of benzene rings is 2. The van der Waals surface area contributed by atoms with Gasteiger partial charge in [-0.25, -0.2) is 4.39 Å². The number of carbonyl (C=O) groups excluding carboxylic acids is 1. The van der Waals surface area contributed by atoms with Crippen molar-refractivity contribution < 1.29 is 23.4 Å². The summed E-state index contributed by atoms with van der Waals surface area (Å²) in [5.74, 6) is 0.251. The lowest BCUT2D eigenvalue weighted by Gasteiger charge is -2.39. The quantitative estimate of drug-likeness (QED) is 0.787. The van der Waals surface area contributed by atoms with Crippen molar-refractivity contribution in [2.75, 3.05) is 33.4 Å². The van der Waals surface area contributed by atoms with E-state index in [1.54, 1.807) is 19.2 Å². The fourth-order valence-electron chi connectivity index (χ4n) is 4.08. The van der Waals surface area contributed by atoms with Crippen LogP contribution < -0.4 is 10.1 Å². The van der Waals surface area contributed by atoms with Crippen LogP contribution in [0.15, 0.2) is 48.5 Å². The van der Waals surface area contributed by atoms with Gasteiger partial charge in [0.15, 0.2) is 0 Å². The Kier molecular flexibility index (Phi) is 6.32. The molecule has 30 heavy (non-hydrogen) atoms. The van der Waals surface area contributed by atoms with E-state index >= 15 is 0 Å². The van der Waals surface area contributed by atoms with Gasteiger partial charge < -0.3 is 19.5 Å². The Morgan fingerprint density at radius 3 is 2.93 bits per heavy atom. The first-order valence-electron chi connectivity index (χ1n) is 10.2. The smallest absolute Gasteiger partial charge is 0.249 e. The number of morpholine rings is 1. The Morgan fingerprint density at radius 1 is 1.30 bits per heavy atom. The molecule has 0 bridgehead atoms. The number of nitrogens with one attached hydrogen (secondary N) is 1. The van der Waals surface area contributed by atoms with Crippen molar-refractivity contribution in [3.63, 3.8) is 0 Å². The standard InChI is InChI=1S/C23H27FN2O4/c1-28-19-7-8-20(24)18(11-19)14-26-9-10-30-23(15-26)12-21(29-16-23)22(27)25-13-17-5-3-2-4-6-17/h2-8,11,21H,9-10,12-16H2,1H3,(H,25,27). The molecule has 2 fully saturated rings. The van der Waals surface area contributed by atoms with E-state index in [1.807, 2.05) is 30.3 Å². The molecule has 0 aliphatic carbocycles. The second-order valence-corrected chi connectivity index (χ2v) is 7.91. The minimum Gasteiger partial charge on any atom is -0.497 e. The highest BCUT2D eigenvalue weighted by atomic mass is 19.1. The number of ether oxygens (including phenoxy) is 3. The fraction of sp³-hybridized carbons (Fsp3) is 0.435. The second-order valence-electron chi connectivity index (χ2n) is 7.91. The summed E-state index contributed by atoms with van der Waals surface area (Å²) in [5.41, 5.74) is 1.09. The zero-order valence-electron chi connectivity index (χ0n) is 17.1. The Balaban J connectivity index is 1.34. The number of hydrogen-bond acceptors (Lipinski definition) is 5. The van der Waals surface area contributed by atoms with Crippen molar-refractivity contribution >= 4 is 5.91 Å². The molecule has 1 N–H and O–H groups in total. The monoisotopic (exact) mass is 414 g/mol. The van der Waals surface area contributed by atoms with Crippen molar-refractivity contribution in [2.45, 2.75) is 31.2 Å². The maximum absolute atomic E-state index is 14.2. The molecule has 1 amide bonds. The van der Waals surface area contributed by atoms with Crippen molar-refractivity contribution in [3.8, 4) is 5.75 Å². The molecule has 2 aromatic carbocycles.